The lowest BCUT2D eigenvalue weighted by atomic mass is 10.0. The topological polar surface area (TPSA) is 47.0 Å². The van der Waals surface area contributed by atoms with Crippen LogP contribution in [0.15, 0.2) is 5.38 Å². The lowest BCUT2D eigenvalue weighted by Crippen LogP contribution is -2.36. The zero-order chi connectivity index (χ0) is 9.86. The van der Waals surface area contributed by atoms with E-state index in [1.54, 1.807) is 0 Å². The van der Waals surface area contributed by atoms with Crippen LogP contribution in [0.3, 0.4) is 0 Å². The summed E-state index contributed by atoms with van der Waals surface area (Å²) in [6, 6.07) is 0. The highest BCUT2D eigenvalue weighted by Gasteiger charge is 2.28. The highest BCUT2D eigenvalue weighted by Crippen LogP contribution is 2.23. The van der Waals surface area contributed by atoms with E-state index in [-0.39, 0.29) is 5.60 Å². The van der Waals surface area contributed by atoms with E-state index in [0.717, 1.165) is 31.8 Å². The Balaban J connectivity index is 1.72. The van der Waals surface area contributed by atoms with Crippen molar-refractivity contribution in [1.82, 2.24) is 14.9 Å². The second-order valence-corrected chi connectivity index (χ2v) is 4.51. The van der Waals surface area contributed by atoms with Crippen LogP contribution >= 0.6 is 11.5 Å². The van der Waals surface area contributed by atoms with E-state index in [1.807, 2.05) is 5.38 Å². The summed E-state index contributed by atoms with van der Waals surface area (Å²) >= 11 is 1.39. The van der Waals surface area contributed by atoms with Crippen LogP contribution in [0, 0.1) is 0 Å². The molecule has 14 heavy (non-hydrogen) atoms. The Morgan fingerprint density at radius 3 is 3.29 bits per heavy atom. The predicted molar refractivity (Wildman–Crippen MR) is 55.2 cm³/mol. The molecule has 1 N–H and O–H groups in total. The van der Waals surface area contributed by atoms with E-state index in [9.17, 15) is 0 Å². The van der Waals surface area contributed by atoms with Crippen molar-refractivity contribution in [2.75, 3.05) is 13.2 Å². The average Bonchev–Trinajstić information content (AvgIpc) is 2.77. The van der Waals surface area contributed by atoms with Crippen molar-refractivity contribution in [2.45, 2.75) is 31.9 Å². The van der Waals surface area contributed by atoms with E-state index >= 15 is 0 Å². The maximum atomic E-state index is 5.66. The van der Waals surface area contributed by atoms with Crippen LogP contribution in [0.4, 0.5) is 0 Å². The average molecular weight is 213 g/mol. The van der Waals surface area contributed by atoms with Crippen molar-refractivity contribution in [2.24, 2.45) is 0 Å². The van der Waals surface area contributed by atoms with Crippen LogP contribution in [-0.2, 0) is 11.3 Å². The molecule has 0 radical (unpaired) electrons. The molecule has 1 fully saturated rings. The van der Waals surface area contributed by atoms with Gasteiger partial charge >= 0.3 is 0 Å². The van der Waals surface area contributed by atoms with Crippen molar-refractivity contribution in [1.29, 1.82) is 0 Å². The molecule has 1 atom stereocenters. The standard InChI is InChI=1S/C9H15N3OS/c1-9(3-2-4-13-9)7-10-5-8-6-14-12-11-8/h6,10H,2-5,7H2,1H3. The Bertz CT molecular complexity index is 270. The largest absolute Gasteiger partial charge is 0.374 e. The molecule has 2 rings (SSSR count). The summed E-state index contributed by atoms with van der Waals surface area (Å²) in [5, 5.41) is 9.28. The number of rotatable bonds is 4. The molecule has 0 aromatic carbocycles. The van der Waals surface area contributed by atoms with Gasteiger partial charge in [0.2, 0.25) is 0 Å². The molecular weight excluding hydrogens is 198 g/mol. The molecule has 0 saturated carbocycles. The smallest absolute Gasteiger partial charge is 0.0893 e. The summed E-state index contributed by atoms with van der Waals surface area (Å²) in [5.74, 6) is 0. The fourth-order valence-corrected chi connectivity index (χ4v) is 2.14. The summed E-state index contributed by atoms with van der Waals surface area (Å²) < 4.78 is 9.47. The molecule has 4 nitrogen and oxygen atoms in total. The third-order valence-electron chi connectivity index (χ3n) is 2.51. The maximum absolute atomic E-state index is 5.66. The lowest BCUT2D eigenvalue weighted by Gasteiger charge is -2.23. The summed E-state index contributed by atoms with van der Waals surface area (Å²) in [5.41, 5.74) is 1.04. The number of hydrogen-bond donors (Lipinski definition) is 1. The predicted octanol–water partition coefficient (Wildman–Crippen LogP) is 1.20. The monoisotopic (exact) mass is 213 g/mol. The molecule has 1 aromatic rings. The molecule has 1 aliphatic heterocycles. The van der Waals surface area contributed by atoms with Gasteiger partial charge in [0.25, 0.3) is 0 Å². The van der Waals surface area contributed by atoms with Gasteiger partial charge in [-0.3, -0.25) is 0 Å². The molecule has 0 aliphatic carbocycles. The van der Waals surface area contributed by atoms with Crippen LogP contribution < -0.4 is 5.32 Å². The van der Waals surface area contributed by atoms with Gasteiger partial charge in [-0.25, -0.2) is 0 Å². The SMILES string of the molecule is CC1(CNCc2csnn2)CCCO1. The minimum Gasteiger partial charge on any atom is -0.374 e. The van der Waals surface area contributed by atoms with Crippen molar-refractivity contribution < 1.29 is 4.74 Å². The van der Waals surface area contributed by atoms with Gasteiger partial charge in [-0.2, -0.15) is 0 Å². The van der Waals surface area contributed by atoms with Crippen LogP contribution in [0.25, 0.3) is 0 Å². The van der Waals surface area contributed by atoms with Crippen LogP contribution in [-0.4, -0.2) is 28.3 Å². The zero-order valence-corrected chi connectivity index (χ0v) is 9.14. The normalized spacial score (nSPS) is 26.9. The van der Waals surface area contributed by atoms with Crippen LogP contribution in [0.5, 0.6) is 0 Å². The van der Waals surface area contributed by atoms with Gasteiger partial charge in [-0.15, -0.1) is 5.10 Å². The number of hydrogen-bond acceptors (Lipinski definition) is 5. The molecule has 1 aliphatic rings. The quantitative estimate of drug-likeness (QED) is 0.816. The molecule has 2 heterocycles. The third kappa shape index (κ3) is 2.50. The summed E-state index contributed by atoms with van der Waals surface area (Å²) in [4.78, 5) is 0. The second-order valence-electron chi connectivity index (χ2n) is 3.90. The van der Waals surface area contributed by atoms with Gasteiger partial charge in [-0.05, 0) is 31.3 Å². The fraction of sp³-hybridized carbons (Fsp3) is 0.778. The molecule has 1 saturated heterocycles. The summed E-state index contributed by atoms with van der Waals surface area (Å²) in [6.45, 7) is 4.74. The van der Waals surface area contributed by atoms with Gasteiger partial charge in [0.05, 0.1) is 11.3 Å². The van der Waals surface area contributed by atoms with Crippen molar-refractivity contribution in [3.05, 3.63) is 11.1 Å². The van der Waals surface area contributed by atoms with E-state index in [2.05, 4.69) is 21.8 Å². The zero-order valence-electron chi connectivity index (χ0n) is 8.32. The van der Waals surface area contributed by atoms with Gasteiger partial charge in [0.1, 0.15) is 0 Å². The first-order valence-corrected chi connectivity index (χ1v) is 5.73. The molecule has 0 amide bonds. The summed E-state index contributed by atoms with van der Waals surface area (Å²) in [7, 11) is 0. The van der Waals surface area contributed by atoms with Gasteiger partial charge < -0.3 is 10.1 Å². The molecule has 1 aromatic heterocycles. The molecular formula is C9H15N3OS. The maximum Gasteiger partial charge on any atom is 0.0893 e. The first-order chi connectivity index (χ1) is 6.79. The Morgan fingerprint density at radius 2 is 2.64 bits per heavy atom. The number of nitrogens with zero attached hydrogens (tertiary/aromatic N) is 2. The highest BCUT2D eigenvalue weighted by molar-refractivity contribution is 7.03. The number of nitrogens with one attached hydrogen (secondary N) is 1. The molecule has 1 unspecified atom stereocenters. The van der Waals surface area contributed by atoms with E-state index in [0.29, 0.717) is 0 Å². The van der Waals surface area contributed by atoms with E-state index in [4.69, 9.17) is 4.74 Å². The highest BCUT2D eigenvalue weighted by atomic mass is 32.1. The Kier molecular flexibility index (Phi) is 3.10. The van der Waals surface area contributed by atoms with Crippen molar-refractivity contribution in [3.63, 3.8) is 0 Å². The van der Waals surface area contributed by atoms with Crippen molar-refractivity contribution in [3.8, 4) is 0 Å². The van der Waals surface area contributed by atoms with Gasteiger partial charge in [0, 0.05) is 25.1 Å². The van der Waals surface area contributed by atoms with Gasteiger partial charge in [-0.1, -0.05) is 4.49 Å². The molecule has 78 valence electrons. The van der Waals surface area contributed by atoms with Crippen LogP contribution in [0.2, 0.25) is 0 Å². The Hall–Kier alpha value is -0.520. The fourth-order valence-electron chi connectivity index (χ4n) is 1.69. The van der Waals surface area contributed by atoms with Crippen molar-refractivity contribution >= 4 is 11.5 Å². The van der Waals surface area contributed by atoms with E-state index < -0.39 is 0 Å². The summed E-state index contributed by atoms with van der Waals surface area (Å²) in [6.07, 6.45) is 2.33. The Labute approximate surface area is 87.8 Å². The minimum absolute atomic E-state index is 0.0312. The van der Waals surface area contributed by atoms with Crippen LogP contribution in [0.1, 0.15) is 25.5 Å². The molecule has 0 spiro atoms. The molecule has 5 heteroatoms. The molecule has 0 bridgehead atoms. The second kappa shape index (κ2) is 4.33. The third-order valence-corrected chi connectivity index (χ3v) is 3.06. The lowest BCUT2D eigenvalue weighted by molar-refractivity contribution is 0.0206. The first kappa shape index (κ1) is 10.0. The first-order valence-electron chi connectivity index (χ1n) is 4.89. The number of ether oxygens (including phenoxy) is 1. The Morgan fingerprint density at radius 1 is 1.71 bits per heavy atom. The minimum atomic E-state index is 0.0312. The van der Waals surface area contributed by atoms with Gasteiger partial charge in [0.15, 0.2) is 0 Å². The van der Waals surface area contributed by atoms with E-state index in [1.165, 1.54) is 18.0 Å². The number of aromatic nitrogens is 2.